The summed E-state index contributed by atoms with van der Waals surface area (Å²) < 4.78 is 0.748. The maximum Gasteiger partial charge on any atom is 0.258 e. The summed E-state index contributed by atoms with van der Waals surface area (Å²) in [6.07, 6.45) is 2.97. The number of carbonyl (C=O) groups is 1. The van der Waals surface area contributed by atoms with Crippen molar-refractivity contribution in [1.82, 2.24) is 5.32 Å². The Hall–Kier alpha value is -1.46. The van der Waals surface area contributed by atoms with Crippen LogP contribution in [-0.2, 0) is 12.8 Å². The quantitative estimate of drug-likeness (QED) is 0.588. The molecule has 1 aliphatic rings. The number of anilines is 1. The molecule has 1 aromatic heterocycles. The highest BCUT2D eigenvalue weighted by molar-refractivity contribution is 9.10. The number of amides is 1. The zero-order valence-corrected chi connectivity index (χ0v) is 17.8. The van der Waals surface area contributed by atoms with Crippen molar-refractivity contribution >= 4 is 67.1 Å². The van der Waals surface area contributed by atoms with Gasteiger partial charge in [0.1, 0.15) is 11.1 Å². The van der Waals surface area contributed by atoms with Crippen molar-refractivity contribution in [2.45, 2.75) is 26.2 Å². The molecule has 1 amide bonds. The minimum Gasteiger partial charge on any atom is -0.323 e. The number of hydrogen-bond donors (Lipinski definition) is 2. The van der Waals surface area contributed by atoms with Gasteiger partial charge in [-0.3, -0.25) is 10.1 Å². The lowest BCUT2D eigenvalue weighted by Crippen LogP contribution is -2.34. The summed E-state index contributed by atoms with van der Waals surface area (Å²) in [5.41, 5.74) is 2.07. The molecule has 8 heteroatoms. The molecule has 0 fully saturated rings. The summed E-state index contributed by atoms with van der Waals surface area (Å²) >= 11 is 16.2. The fraction of sp³-hybridized carbons (Fsp3) is 0.278. The van der Waals surface area contributed by atoms with E-state index >= 15 is 0 Å². The van der Waals surface area contributed by atoms with E-state index in [9.17, 15) is 10.1 Å². The number of thiocarbonyl (C=S) groups is 1. The van der Waals surface area contributed by atoms with Gasteiger partial charge in [0.05, 0.1) is 16.1 Å². The molecule has 134 valence electrons. The highest BCUT2D eigenvalue weighted by atomic mass is 79.9. The smallest absolute Gasteiger partial charge is 0.258 e. The predicted octanol–water partition coefficient (Wildman–Crippen LogP) is 5.29. The Balaban J connectivity index is 1.76. The monoisotopic (exact) mass is 467 g/mol. The fourth-order valence-corrected chi connectivity index (χ4v) is 5.12. The van der Waals surface area contributed by atoms with Crippen LogP contribution in [0.4, 0.5) is 5.00 Å². The zero-order valence-electron chi connectivity index (χ0n) is 13.9. The first-order valence-electron chi connectivity index (χ1n) is 8.01. The Morgan fingerprint density at radius 1 is 1.50 bits per heavy atom. The third-order valence-corrected chi connectivity index (χ3v) is 6.45. The van der Waals surface area contributed by atoms with Gasteiger partial charge < -0.3 is 5.32 Å². The normalized spacial score (nSPS) is 15.7. The molecular formula is C18H15BrClN3OS2. The summed E-state index contributed by atoms with van der Waals surface area (Å²) in [6.45, 7) is 2.22. The second kappa shape index (κ2) is 8.05. The highest BCUT2D eigenvalue weighted by Gasteiger charge is 2.24. The molecule has 2 N–H and O–H groups in total. The fourth-order valence-electron chi connectivity index (χ4n) is 2.93. The van der Waals surface area contributed by atoms with Crippen molar-refractivity contribution in [2.24, 2.45) is 5.92 Å². The van der Waals surface area contributed by atoms with Crippen LogP contribution in [0.15, 0.2) is 22.7 Å². The summed E-state index contributed by atoms with van der Waals surface area (Å²) in [7, 11) is 0. The van der Waals surface area contributed by atoms with E-state index in [0.29, 0.717) is 27.1 Å². The average Bonchev–Trinajstić information content (AvgIpc) is 2.92. The Morgan fingerprint density at radius 3 is 3.00 bits per heavy atom. The van der Waals surface area contributed by atoms with Gasteiger partial charge in [-0.2, -0.15) is 5.26 Å². The van der Waals surface area contributed by atoms with Gasteiger partial charge in [-0.25, -0.2) is 0 Å². The lowest BCUT2D eigenvalue weighted by Gasteiger charge is -2.17. The lowest BCUT2D eigenvalue weighted by atomic mass is 9.89. The van der Waals surface area contributed by atoms with Gasteiger partial charge in [-0.05, 0) is 61.2 Å². The maximum atomic E-state index is 12.4. The second-order valence-electron chi connectivity index (χ2n) is 6.20. The number of hydrogen-bond acceptors (Lipinski definition) is 4. The summed E-state index contributed by atoms with van der Waals surface area (Å²) in [5.74, 6) is 0.216. The Morgan fingerprint density at radius 2 is 2.27 bits per heavy atom. The lowest BCUT2D eigenvalue weighted by molar-refractivity contribution is 0.0978. The van der Waals surface area contributed by atoms with E-state index in [1.807, 2.05) is 0 Å². The largest absolute Gasteiger partial charge is 0.323 e. The first kappa shape index (κ1) is 19.3. The first-order valence-corrected chi connectivity index (χ1v) is 10.4. The average molecular weight is 469 g/mol. The third-order valence-electron chi connectivity index (χ3n) is 4.25. The van der Waals surface area contributed by atoms with Crippen molar-refractivity contribution in [1.29, 1.82) is 5.26 Å². The van der Waals surface area contributed by atoms with Crippen LogP contribution in [0.5, 0.6) is 0 Å². The first-order chi connectivity index (χ1) is 12.4. The molecule has 0 aliphatic heterocycles. The van der Waals surface area contributed by atoms with Gasteiger partial charge in [0.25, 0.3) is 5.91 Å². The van der Waals surface area contributed by atoms with Crippen molar-refractivity contribution < 1.29 is 4.79 Å². The van der Waals surface area contributed by atoms with Crippen LogP contribution in [-0.4, -0.2) is 11.0 Å². The van der Waals surface area contributed by atoms with E-state index < -0.39 is 5.91 Å². The standard InChI is InChI=1S/C18H15BrClN3OS2/c1-9-2-4-11-13(8-21)17(26-15(11)6-9)23-18(25)22-16(24)12-7-10(19)3-5-14(12)20/h3,5,7,9H,2,4,6H2,1H3,(H2,22,23,24,25). The van der Waals surface area contributed by atoms with E-state index in [-0.39, 0.29) is 5.11 Å². The molecule has 1 atom stereocenters. The molecule has 3 rings (SSSR count). The molecule has 1 unspecified atom stereocenters. The number of nitrogens with zero attached hydrogens (tertiary/aromatic N) is 1. The van der Waals surface area contributed by atoms with Gasteiger partial charge in [0.15, 0.2) is 5.11 Å². The van der Waals surface area contributed by atoms with E-state index in [1.54, 1.807) is 29.5 Å². The SMILES string of the molecule is CC1CCc2c(sc(NC(=S)NC(=O)c3cc(Br)ccc3Cl)c2C#N)C1. The number of thiophene rings is 1. The van der Waals surface area contributed by atoms with E-state index in [0.717, 1.165) is 29.3 Å². The van der Waals surface area contributed by atoms with Gasteiger partial charge in [-0.1, -0.05) is 34.5 Å². The van der Waals surface area contributed by atoms with E-state index in [2.05, 4.69) is 39.6 Å². The number of fused-ring (bicyclic) bond motifs is 1. The van der Waals surface area contributed by atoms with Crippen molar-refractivity contribution in [3.8, 4) is 6.07 Å². The number of halogens is 2. The maximum absolute atomic E-state index is 12.4. The number of rotatable bonds is 2. The number of nitrogens with one attached hydrogen (secondary N) is 2. The van der Waals surface area contributed by atoms with Crippen molar-refractivity contribution in [2.75, 3.05) is 5.32 Å². The summed E-state index contributed by atoms with van der Waals surface area (Å²) in [5, 5.41) is 16.3. The third kappa shape index (κ3) is 4.09. The van der Waals surface area contributed by atoms with Gasteiger partial charge in [0, 0.05) is 9.35 Å². The van der Waals surface area contributed by atoms with Gasteiger partial charge in [0.2, 0.25) is 0 Å². The molecule has 0 saturated heterocycles. The van der Waals surface area contributed by atoms with Crippen LogP contribution in [0, 0.1) is 17.2 Å². The molecule has 1 heterocycles. The van der Waals surface area contributed by atoms with Crippen molar-refractivity contribution in [3.05, 3.63) is 49.3 Å². The number of carbonyl (C=O) groups excluding carboxylic acids is 1. The highest BCUT2D eigenvalue weighted by Crippen LogP contribution is 2.39. The molecular weight excluding hydrogens is 454 g/mol. The van der Waals surface area contributed by atoms with Crippen LogP contribution < -0.4 is 10.6 Å². The minimum absolute atomic E-state index is 0.147. The predicted molar refractivity (Wildman–Crippen MR) is 113 cm³/mol. The Labute approximate surface area is 174 Å². The molecule has 1 aliphatic carbocycles. The van der Waals surface area contributed by atoms with Gasteiger partial charge >= 0.3 is 0 Å². The molecule has 0 saturated carbocycles. The molecule has 2 aromatic rings. The van der Waals surface area contributed by atoms with Crippen LogP contribution in [0.25, 0.3) is 0 Å². The molecule has 4 nitrogen and oxygen atoms in total. The summed E-state index contributed by atoms with van der Waals surface area (Å²) in [4.78, 5) is 13.6. The zero-order chi connectivity index (χ0) is 18.8. The van der Waals surface area contributed by atoms with Crippen molar-refractivity contribution in [3.63, 3.8) is 0 Å². The number of benzene rings is 1. The Kier molecular flexibility index (Phi) is 5.98. The topological polar surface area (TPSA) is 64.9 Å². The molecule has 0 radical (unpaired) electrons. The minimum atomic E-state index is -0.401. The summed E-state index contributed by atoms with van der Waals surface area (Å²) in [6, 6.07) is 7.30. The van der Waals surface area contributed by atoms with Crippen LogP contribution in [0.2, 0.25) is 5.02 Å². The number of nitriles is 1. The van der Waals surface area contributed by atoms with E-state index in [1.165, 1.54) is 4.88 Å². The Bertz CT molecular complexity index is 935. The molecule has 0 spiro atoms. The van der Waals surface area contributed by atoms with Crippen LogP contribution in [0.3, 0.4) is 0 Å². The van der Waals surface area contributed by atoms with Crippen LogP contribution >= 0.6 is 51.1 Å². The van der Waals surface area contributed by atoms with Crippen LogP contribution in [0.1, 0.15) is 39.7 Å². The molecule has 1 aromatic carbocycles. The van der Waals surface area contributed by atoms with E-state index in [4.69, 9.17) is 23.8 Å². The molecule has 26 heavy (non-hydrogen) atoms. The van der Waals surface area contributed by atoms with Gasteiger partial charge in [-0.15, -0.1) is 11.3 Å². The second-order valence-corrected chi connectivity index (χ2v) is 9.04. The molecule has 0 bridgehead atoms.